The number of hydrogen-bond donors (Lipinski definition) is 0. The van der Waals surface area contributed by atoms with Crippen LogP contribution in [-0.4, -0.2) is 5.71 Å². The monoisotopic (exact) mass is 575 g/mol. The molecule has 2 aliphatic carbocycles. The minimum atomic E-state index is -0.421. The lowest BCUT2D eigenvalue weighted by Crippen LogP contribution is -2.32. The van der Waals surface area contributed by atoms with E-state index in [-0.39, 0.29) is 0 Å². The molecule has 0 saturated heterocycles. The zero-order valence-corrected chi connectivity index (χ0v) is 23.5. The molecular weight excluding hydrogens is 550 g/mol. The number of nitrogens with zero attached hydrogens (tertiary/aromatic N) is 1. The van der Waals surface area contributed by atoms with Crippen molar-refractivity contribution in [2.75, 3.05) is 0 Å². The maximum Gasteiger partial charge on any atom is 0.0760 e. The molecular formula is C38H26BrN. The van der Waals surface area contributed by atoms with Gasteiger partial charge < -0.3 is 0 Å². The van der Waals surface area contributed by atoms with Crippen molar-refractivity contribution >= 4 is 32.9 Å². The highest BCUT2D eigenvalue weighted by molar-refractivity contribution is 9.10. The lowest BCUT2D eigenvalue weighted by Gasteiger charge is -2.34. The molecule has 0 saturated carbocycles. The van der Waals surface area contributed by atoms with Crippen LogP contribution in [0.2, 0.25) is 0 Å². The summed E-state index contributed by atoms with van der Waals surface area (Å²) in [5.41, 5.74) is 14.8. The standard InChI is InChI=1S/C38H26BrN/c39-27-23-21-25(22-24-27)35-20-10-16-31-30-15-6-9-19-34(30)38(36(31)37(40-35)26-11-2-1-3-12-26)32-17-7-4-13-28(32)29-14-5-8-18-33(29)38/h1-9,11-15,17-24H,10,16H2. The molecule has 40 heavy (non-hydrogen) atoms. The van der Waals surface area contributed by atoms with Crippen LogP contribution in [0.15, 0.2) is 149 Å². The molecule has 1 aliphatic heterocycles. The van der Waals surface area contributed by atoms with E-state index in [1.54, 1.807) is 0 Å². The number of benzene rings is 5. The number of hydrogen-bond acceptors (Lipinski definition) is 1. The van der Waals surface area contributed by atoms with Crippen LogP contribution in [0.3, 0.4) is 0 Å². The fraction of sp³-hybridized carbons (Fsp3) is 0.0789. The third-order valence-electron chi connectivity index (χ3n) is 8.67. The Morgan fingerprint density at radius 2 is 1.10 bits per heavy atom. The van der Waals surface area contributed by atoms with E-state index in [1.165, 1.54) is 44.5 Å². The molecule has 1 spiro atoms. The maximum absolute atomic E-state index is 5.60. The highest BCUT2D eigenvalue weighted by atomic mass is 79.9. The Hall–Kier alpha value is -4.27. The molecule has 190 valence electrons. The summed E-state index contributed by atoms with van der Waals surface area (Å²) in [6.07, 6.45) is 4.22. The lowest BCUT2D eigenvalue weighted by molar-refractivity contribution is 0.794. The smallest absolute Gasteiger partial charge is 0.0760 e. The Morgan fingerprint density at radius 3 is 1.75 bits per heavy atom. The lowest BCUT2D eigenvalue weighted by atomic mass is 9.67. The first-order chi connectivity index (χ1) is 19.8. The molecule has 0 N–H and O–H groups in total. The Bertz CT molecular complexity index is 1840. The molecule has 0 aromatic heterocycles. The average Bonchev–Trinajstić information content (AvgIpc) is 3.45. The van der Waals surface area contributed by atoms with E-state index in [2.05, 4.69) is 149 Å². The van der Waals surface area contributed by atoms with Crippen LogP contribution in [0.5, 0.6) is 0 Å². The second-order valence-corrected chi connectivity index (χ2v) is 11.6. The zero-order valence-electron chi connectivity index (χ0n) is 21.9. The normalized spacial score (nSPS) is 16.3. The van der Waals surface area contributed by atoms with Crippen molar-refractivity contribution in [1.29, 1.82) is 0 Å². The second kappa shape index (κ2) is 9.15. The third-order valence-corrected chi connectivity index (χ3v) is 9.20. The Balaban J connectivity index is 1.50. The van der Waals surface area contributed by atoms with Crippen molar-refractivity contribution in [2.45, 2.75) is 18.3 Å². The predicted molar refractivity (Wildman–Crippen MR) is 169 cm³/mol. The van der Waals surface area contributed by atoms with Gasteiger partial charge in [-0.3, -0.25) is 0 Å². The topological polar surface area (TPSA) is 12.4 Å². The summed E-state index contributed by atoms with van der Waals surface area (Å²) in [6, 6.07) is 46.4. The van der Waals surface area contributed by atoms with Gasteiger partial charge in [-0.25, -0.2) is 4.99 Å². The number of fused-ring (bicyclic) bond motifs is 9. The quantitative estimate of drug-likeness (QED) is 0.198. The average molecular weight is 577 g/mol. The van der Waals surface area contributed by atoms with E-state index >= 15 is 0 Å². The SMILES string of the molecule is Brc1ccc(C2=CCCC3=C(C(c4ccccc4)=N2)C2(c4ccccc43)c3ccccc3-c3ccccc32)cc1. The van der Waals surface area contributed by atoms with Crippen molar-refractivity contribution in [2.24, 2.45) is 4.99 Å². The second-order valence-electron chi connectivity index (χ2n) is 10.7. The minimum Gasteiger partial charge on any atom is -0.248 e. The van der Waals surface area contributed by atoms with Crippen LogP contribution in [-0.2, 0) is 5.41 Å². The molecule has 0 radical (unpaired) electrons. The summed E-state index contributed by atoms with van der Waals surface area (Å²) in [4.78, 5) is 5.60. The van der Waals surface area contributed by atoms with Crippen LogP contribution >= 0.6 is 15.9 Å². The van der Waals surface area contributed by atoms with Crippen LogP contribution in [0.25, 0.3) is 22.4 Å². The highest BCUT2D eigenvalue weighted by Crippen LogP contribution is 2.63. The van der Waals surface area contributed by atoms with Gasteiger partial charge in [0, 0.05) is 15.6 Å². The van der Waals surface area contributed by atoms with E-state index in [0.29, 0.717) is 0 Å². The predicted octanol–water partition coefficient (Wildman–Crippen LogP) is 9.86. The van der Waals surface area contributed by atoms with Crippen molar-refractivity contribution in [3.8, 4) is 11.1 Å². The number of aliphatic imine (C=N–C) groups is 1. The molecule has 8 rings (SSSR count). The number of rotatable bonds is 2. The van der Waals surface area contributed by atoms with Gasteiger partial charge in [0.25, 0.3) is 0 Å². The molecule has 0 fully saturated rings. The minimum absolute atomic E-state index is 0.421. The van der Waals surface area contributed by atoms with Gasteiger partial charge in [-0.05, 0) is 69.5 Å². The van der Waals surface area contributed by atoms with Gasteiger partial charge in [0.2, 0.25) is 0 Å². The first-order valence-electron chi connectivity index (χ1n) is 13.9. The summed E-state index contributed by atoms with van der Waals surface area (Å²) in [5, 5.41) is 0. The van der Waals surface area contributed by atoms with Crippen LogP contribution < -0.4 is 0 Å². The van der Waals surface area contributed by atoms with Gasteiger partial charge in [0.1, 0.15) is 0 Å². The largest absolute Gasteiger partial charge is 0.248 e. The fourth-order valence-corrected chi connectivity index (χ4v) is 7.39. The molecule has 1 heterocycles. The molecule has 0 atom stereocenters. The van der Waals surface area contributed by atoms with E-state index in [4.69, 9.17) is 4.99 Å². The molecule has 0 amide bonds. The Morgan fingerprint density at radius 1 is 0.550 bits per heavy atom. The maximum atomic E-state index is 5.60. The first-order valence-corrected chi connectivity index (χ1v) is 14.7. The highest BCUT2D eigenvalue weighted by Gasteiger charge is 2.54. The molecule has 5 aromatic carbocycles. The molecule has 3 aliphatic rings. The van der Waals surface area contributed by atoms with E-state index < -0.39 is 5.41 Å². The Labute approximate surface area is 243 Å². The summed E-state index contributed by atoms with van der Waals surface area (Å²) >= 11 is 3.61. The summed E-state index contributed by atoms with van der Waals surface area (Å²) < 4.78 is 1.07. The molecule has 0 unspecified atom stereocenters. The molecule has 0 bridgehead atoms. The number of allylic oxidation sites excluding steroid dienone is 3. The molecule has 2 heteroatoms. The summed E-state index contributed by atoms with van der Waals surface area (Å²) in [6.45, 7) is 0. The number of halogens is 1. The Kier molecular flexibility index (Phi) is 5.40. The van der Waals surface area contributed by atoms with Gasteiger partial charge in [0.05, 0.1) is 16.8 Å². The first kappa shape index (κ1) is 23.6. The fourth-order valence-electron chi connectivity index (χ4n) is 7.13. The van der Waals surface area contributed by atoms with Gasteiger partial charge >= 0.3 is 0 Å². The third kappa shape index (κ3) is 3.29. The van der Waals surface area contributed by atoms with Crippen molar-refractivity contribution in [1.82, 2.24) is 0 Å². The van der Waals surface area contributed by atoms with Crippen LogP contribution in [0, 0.1) is 0 Å². The van der Waals surface area contributed by atoms with Crippen molar-refractivity contribution in [3.63, 3.8) is 0 Å². The molecule has 5 aromatic rings. The zero-order chi connectivity index (χ0) is 26.7. The summed E-state index contributed by atoms with van der Waals surface area (Å²) in [5.74, 6) is 0. The van der Waals surface area contributed by atoms with E-state index in [9.17, 15) is 0 Å². The van der Waals surface area contributed by atoms with Gasteiger partial charge in [-0.2, -0.15) is 0 Å². The molecule has 1 nitrogen and oxygen atoms in total. The van der Waals surface area contributed by atoms with Crippen LogP contribution in [0.4, 0.5) is 0 Å². The van der Waals surface area contributed by atoms with Gasteiger partial charge in [-0.15, -0.1) is 0 Å². The summed E-state index contributed by atoms with van der Waals surface area (Å²) in [7, 11) is 0. The van der Waals surface area contributed by atoms with Crippen molar-refractivity contribution in [3.05, 3.63) is 177 Å². The van der Waals surface area contributed by atoms with E-state index in [1.807, 2.05) is 0 Å². The van der Waals surface area contributed by atoms with Crippen LogP contribution in [0.1, 0.15) is 46.2 Å². The van der Waals surface area contributed by atoms with Crippen molar-refractivity contribution < 1.29 is 0 Å². The van der Waals surface area contributed by atoms with Gasteiger partial charge in [-0.1, -0.05) is 137 Å². The van der Waals surface area contributed by atoms with Gasteiger partial charge in [0.15, 0.2) is 0 Å². The van der Waals surface area contributed by atoms with E-state index in [0.717, 1.165) is 39.8 Å².